The molecule has 0 fully saturated rings. The molecule has 0 spiro atoms. The predicted molar refractivity (Wildman–Crippen MR) is 110 cm³/mol. The zero-order chi connectivity index (χ0) is 22.4. The van der Waals surface area contributed by atoms with Gasteiger partial charge in [0, 0.05) is 23.6 Å². The smallest absolute Gasteiger partial charge is 0.405 e. The molecule has 0 aliphatic carbocycles. The van der Waals surface area contributed by atoms with Crippen molar-refractivity contribution in [3.63, 3.8) is 0 Å². The molecule has 164 valence electrons. The van der Waals surface area contributed by atoms with Gasteiger partial charge in [0.2, 0.25) is 5.91 Å². The number of nitrogens with one attached hydrogen (secondary N) is 1. The van der Waals surface area contributed by atoms with E-state index in [1.807, 2.05) is 30.4 Å². The van der Waals surface area contributed by atoms with Crippen molar-refractivity contribution >= 4 is 17.7 Å². The van der Waals surface area contributed by atoms with Crippen LogP contribution in [0, 0.1) is 0 Å². The van der Waals surface area contributed by atoms with Crippen LogP contribution >= 0.6 is 11.8 Å². The van der Waals surface area contributed by atoms with Crippen LogP contribution in [0.25, 0.3) is 17.1 Å². The monoisotopic (exact) mass is 451 g/mol. The molecule has 11 heteroatoms. The van der Waals surface area contributed by atoms with Gasteiger partial charge in [0.1, 0.15) is 12.3 Å². The quantitative estimate of drug-likeness (QED) is 0.524. The van der Waals surface area contributed by atoms with Crippen molar-refractivity contribution < 1.29 is 22.7 Å². The second-order valence-corrected chi connectivity index (χ2v) is 7.71. The van der Waals surface area contributed by atoms with Crippen molar-refractivity contribution in [2.24, 2.45) is 0 Å². The Morgan fingerprint density at radius 2 is 1.97 bits per heavy atom. The van der Waals surface area contributed by atoms with Gasteiger partial charge in [0.15, 0.2) is 11.0 Å². The molecule has 31 heavy (non-hydrogen) atoms. The Hall–Kier alpha value is -3.08. The Labute approximate surface area is 181 Å². The van der Waals surface area contributed by atoms with Gasteiger partial charge in [-0.15, -0.1) is 10.2 Å². The molecule has 7 nitrogen and oxygen atoms in total. The second-order valence-electron chi connectivity index (χ2n) is 6.40. The van der Waals surface area contributed by atoms with Gasteiger partial charge >= 0.3 is 6.18 Å². The summed E-state index contributed by atoms with van der Waals surface area (Å²) in [6, 6.07) is 10.8. The lowest BCUT2D eigenvalue weighted by Crippen LogP contribution is -2.38. The van der Waals surface area contributed by atoms with Crippen LogP contribution in [-0.4, -0.2) is 50.2 Å². The molecule has 3 aromatic rings. The first-order valence-electron chi connectivity index (χ1n) is 9.38. The van der Waals surface area contributed by atoms with Crippen LogP contribution in [-0.2, 0) is 4.79 Å². The Morgan fingerprint density at radius 3 is 2.58 bits per heavy atom. The minimum absolute atomic E-state index is 0.359. The summed E-state index contributed by atoms with van der Waals surface area (Å²) in [7, 11) is 0. The topological polar surface area (TPSA) is 81.9 Å². The van der Waals surface area contributed by atoms with Gasteiger partial charge in [-0.2, -0.15) is 13.2 Å². The molecule has 1 unspecified atom stereocenters. The minimum atomic E-state index is -4.48. The maximum atomic E-state index is 12.4. The van der Waals surface area contributed by atoms with E-state index >= 15 is 0 Å². The second kappa shape index (κ2) is 9.82. The number of aromatic nitrogens is 4. The van der Waals surface area contributed by atoms with Gasteiger partial charge in [-0.3, -0.25) is 14.3 Å². The van der Waals surface area contributed by atoms with Crippen molar-refractivity contribution in [2.75, 3.05) is 13.2 Å². The summed E-state index contributed by atoms with van der Waals surface area (Å²) in [4.78, 5) is 16.2. The Kier molecular flexibility index (Phi) is 7.16. The summed E-state index contributed by atoms with van der Waals surface area (Å²) in [5.41, 5.74) is 1.41. The molecule has 0 saturated carbocycles. The number of hydrogen-bond donors (Lipinski definition) is 1. The van der Waals surface area contributed by atoms with Crippen LogP contribution in [0.3, 0.4) is 0 Å². The lowest BCUT2D eigenvalue weighted by molar-refractivity contribution is -0.137. The van der Waals surface area contributed by atoms with Gasteiger partial charge in [-0.1, -0.05) is 11.8 Å². The van der Waals surface area contributed by atoms with Crippen molar-refractivity contribution in [2.45, 2.75) is 30.4 Å². The van der Waals surface area contributed by atoms with Crippen molar-refractivity contribution in [3.05, 3.63) is 48.8 Å². The number of benzene rings is 1. The number of thioether (sulfide) groups is 1. The Bertz CT molecular complexity index is 1010. The van der Waals surface area contributed by atoms with Crippen LogP contribution in [0.5, 0.6) is 5.75 Å². The van der Waals surface area contributed by atoms with Gasteiger partial charge in [0.05, 0.1) is 11.9 Å². The highest BCUT2D eigenvalue weighted by atomic mass is 32.2. The highest BCUT2D eigenvalue weighted by Gasteiger charge is 2.29. The number of nitrogens with zero attached hydrogens (tertiary/aromatic N) is 4. The van der Waals surface area contributed by atoms with Crippen LogP contribution in [0.4, 0.5) is 13.2 Å². The molecule has 0 bridgehead atoms. The maximum absolute atomic E-state index is 12.4. The molecular weight excluding hydrogens is 431 g/mol. The van der Waals surface area contributed by atoms with Gasteiger partial charge < -0.3 is 10.1 Å². The molecule has 1 atom stereocenters. The number of alkyl halides is 3. The van der Waals surface area contributed by atoms with E-state index in [9.17, 15) is 18.0 Å². The van der Waals surface area contributed by atoms with Gasteiger partial charge in [0.25, 0.3) is 0 Å². The third kappa shape index (κ3) is 5.97. The lowest BCUT2D eigenvalue weighted by Gasteiger charge is -2.15. The fourth-order valence-corrected chi connectivity index (χ4v) is 3.55. The SMILES string of the molecule is CCOc1ccc(-n2c(SC(C)C(=O)NCC(F)(F)F)nnc2-c2cccnc2)cc1. The third-order valence-electron chi connectivity index (χ3n) is 4.07. The standard InChI is InChI=1S/C20H20F3N5O2S/c1-3-30-16-8-6-15(7-9-16)28-17(14-5-4-10-24-11-14)26-27-19(28)31-13(2)18(29)25-12-20(21,22)23/h4-11,13H,3,12H2,1-2H3,(H,25,29). The number of pyridine rings is 1. The number of carbonyl (C=O) groups is 1. The summed E-state index contributed by atoms with van der Waals surface area (Å²) in [5, 5.41) is 9.83. The van der Waals surface area contributed by atoms with E-state index in [1.54, 1.807) is 35.2 Å². The fraction of sp³-hybridized carbons (Fsp3) is 0.300. The molecule has 2 aromatic heterocycles. The van der Waals surface area contributed by atoms with Gasteiger partial charge in [-0.25, -0.2) is 0 Å². The molecular formula is C20H20F3N5O2S. The Balaban J connectivity index is 1.91. The van der Waals surface area contributed by atoms with E-state index in [-0.39, 0.29) is 0 Å². The molecule has 0 aliphatic heterocycles. The Morgan fingerprint density at radius 1 is 1.23 bits per heavy atom. The summed E-state index contributed by atoms with van der Waals surface area (Å²) >= 11 is 1.01. The summed E-state index contributed by atoms with van der Waals surface area (Å²) < 4.78 is 44.4. The van der Waals surface area contributed by atoms with Crippen molar-refractivity contribution in [1.29, 1.82) is 0 Å². The van der Waals surface area contributed by atoms with Crippen LogP contribution < -0.4 is 10.1 Å². The first kappa shape index (κ1) is 22.6. The molecule has 3 rings (SSSR count). The van der Waals surface area contributed by atoms with E-state index in [0.717, 1.165) is 11.8 Å². The highest BCUT2D eigenvalue weighted by Crippen LogP contribution is 2.30. The summed E-state index contributed by atoms with van der Waals surface area (Å²) in [5.74, 6) is 0.436. The molecule has 0 saturated heterocycles. The first-order valence-corrected chi connectivity index (χ1v) is 10.3. The molecule has 1 N–H and O–H groups in total. The molecule has 1 amide bonds. The number of ether oxygens (including phenoxy) is 1. The average molecular weight is 451 g/mol. The largest absolute Gasteiger partial charge is 0.494 e. The van der Waals surface area contributed by atoms with Gasteiger partial charge in [-0.05, 0) is 50.2 Å². The van der Waals surface area contributed by atoms with E-state index in [2.05, 4.69) is 15.2 Å². The normalized spacial score (nSPS) is 12.4. The summed E-state index contributed by atoms with van der Waals surface area (Å²) in [6.45, 7) is 2.54. The average Bonchev–Trinajstić information content (AvgIpc) is 3.16. The van der Waals surface area contributed by atoms with E-state index in [4.69, 9.17) is 4.74 Å². The number of amides is 1. The van der Waals surface area contributed by atoms with Crippen LogP contribution in [0.15, 0.2) is 53.9 Å². The zero-order valence-electron chi connectivity index (χ0n) is 16.8. The minimum Gasteiger partial charge on any atom is -0.494 e. The number of rotatable bonds is 8. The van der Waals surface area contributed by atoms with E-state index < -0.39 is 23.9 Å². The number of carbonyl (C=O) groups excluding carboxylic acids is 1. The van der Waals surface area contributed by atoms with E-state index in [0.29, 0.717) is 34.6 Å². The van der Waals surface area contributed by atoms with E-state index in [1.165, 1.54) is 6.92 Å². The number of halogens is 3. The fourth-order valence-electron chi connectivity index (χ4n) is 2.66. The molecule has 2 heterocycles. The first-order chi connectivity index (χ1) is 14.8. The van der Waals surface area contributed by atoms with Crippen LogP contribution in [0.2, 0.25) is 0 Å². The highest BCUT2D eigenvalue weighted by molar-refractivity contribution is 8.00. The predicted octanol–water partition coefficient (Wildman–Crippen LogP) is 3.89. The number of hydrogen-bond acceptors (Lipinski definition) is 6. The summed E-state index contributed by atoms with van der Waals surface area (Å²) in [6.07, 6.45) is -1.22. The third-order valence-corrected chi connectivity index (χ3v) is 5.12. The maximum Gasteiger partial charge on any atom is 0.405 e. The lowest BCUT2D eigenvalue weighted by atomic mass is 10.2. The zero-order valence-corrected chi connectivity index (χ0v) is 17.6. The van der Waals surface area contributed by atoms with Crippen LogP contribution in [0.1, 0.15) is 13.8 Å². The molecule has 0 radical (unpaired) electrons. The molecule has 0 aliphatic rings. The van der Waals surface area contributed by atoms with Crippen molar-refractivity contribution in [1.82, 2.24) is 25.1 Å². The van der Waals surface area contributed by atoms with Crippen molar-refractivity contribution in [3.8, 4) is 22.8 Å². The molecule has 1 aromatic carbocycles.